The van der Waals surface area contributed by atoms with Gasteiger partial charge in [-0.3, -0.25) is 0 Å². The Hall–Kier alpha value is -3.34. The number of hydrogen-bond donors (Lipinski definition) is 1. The predicted octanol–water partition coefficient (Wildman–Crippen LogP) is 2.17. The number of hydrogen-bond acceptors (Lipinski definition) is 6. The Balaban J connectivity index is 1.55. The molecule has 7 nitrogen and oxygen atoms in total. The van der Waals surface area contributed by atoms with Crippen molar-refractivity contribution in [2.45, 2.75) is 25.4 Å². The molecule has 0 saturated carbocycles. The molecule has 3 aromatic rings. The van der Waals surface area contributed by atoms with Gasteiger partial charge in [-0.2, -0.15) is 5.26 Å². The highest BCUT2D eigenvalue weighted by Crippen LogP contribution is 2.24. The molecule has 25 heavy (non-hydrogen) atoms. The highest BCUT2D eigenvalue weighted by Gasteiger charge is 2.23. The number of fused-ring (bicyclic) bond motifs is 1. The van der Waals surface area contributed by atoms with E-state index in [2.05, 4.69) is 25.7 Å². The lowest BCUT2D eigenvalue weighted by molar-refractivity contribution is 0.478. The van der Waals surface area contributed by atoms with Crippen molar-refractivity contribution in [2.24, 2.45) is 0 Å². The Morgan fingerprint density at radius 3 is 2.64 bits per heavy atom. The van der Waals surface area contributed by atoms with E-state index in [1.165, 1.54) is 12.1 Å². The maximum absolute atomic E-state index is 13.1. The van der Waals surface area contributed by atoms with Crippen molar-refractivity contribution in [1.82, 2.24) is 25.0 Å². The smallest absolute Gasteiger partial charge is 0.164 e. The average Bonchev–Trinajstić information content (AvgIpc) is 3.06. The molecular formula is C17H14FN7. The van der Waals surface area contributed by atoms with Gasteiger partial charge in [-0.15, -0.1) is 20.4 Å². The first-order valence-corrected chi connectivity index (χ1v) is 7.91. The fourth-order valence-corrected chi connectivity index (χ4v) is 2.94. The molecule has 1 N–H and O–H groups in total. The zero-order valence-electron chi connectivity index (χ0n) is 13.2. The van der Waals surface area contributed by atoms with Gasteiger partial charge in [0.2, 0.25) is 0 Å². The summed E-state index contributed by atoms with van der Waals surface area (Å²) in [7, 11) is 0. The molecule has 0 amide bonds. The number of anilines is 1. The number of benzene rings is 1. The van der Waals surface area contributed by atoms with Crippen LogP contribution in [0.15, 0.2) is 36.4 Å². The Morgan fingerprint density at radius 1 is 1.08 bits per heavy atom. The number of aryl methyl sites for hydroxylation is 1. The van der Waals surface area contributed by atoms with E-state index in [1.54, 1.807) is 24.3 Å². The highest BCUT2D eigenvalue weighted by molar-refractivity contribution is 5.55. The number of aromatic nitrogens is 5. The van der Waals surface area contributed by atoms with Gasteiger partial charge in [0, 0.05) is 24.6 Å². The predicted molar refractivity (Wildman–Crippen MR) is 87.9 cm³/mol. The third kappa shape index (κ3) is 3.04. The number of halogens is 1. The zero-order valence-corrected chi connectivity index (χ0v) is 13.2. The summed E-state index contributed by atoms with van der Waals surface area (Å²) >= 11 is 0. The van der Waals surface area contributed by atoms with Crippen LogP contribution >= 0.6 is 0 Å². The summed E-state index contributed by atoms with van der Waals surface area (Å²) in [6.07, 6.45) is 1.68. The number of nitriles is 1. The molecule has 1 atom stereocenters. The third-order valence-corrected chi connectivity index (χ3v) is 4.18. The van der Waals surface area contributed by atoms with Gasteiger partial charge < -0.3 is 9.88 Å². The molecule has 0 saturated heterocycles. The molecule has 0 radical (unpaired) electrons. The van der Waals surface area contributed by atoms with E-state index in [-0.39, 0.29) is 17.6 Å². The summed E-state index contributed by atoms with van der Waals surface area (Å²) in [4.78, 5) is 0. The van der Waals surface area contributed by atoms with Gasteiger partial charge in [-0.1, -0.05) is 0 Å². The quantitative estimate of drug-likeness (QED) is 0.788. The second-order valence-corrected chi connectivity index (χ2v) is 5.85. The molecule has 124 valence electrons. The summed E-state index contributed by atoms with van der Waals surface area (Å²) in [6.45, 7) is 0.677. The van der Waals surface area contributed by atoms with Crippen LogP contribution in [0.2, 0.25) is 0 Å². The van der Waals surface area contributed by atoms with Crippen molar-refractivity contribution < 1.29 is 4.39 Å². The summed E-state index contributed by atoms with van der Waals surface area (Å²) in [5.74, 6) is 2.00. The number of nitrogens with zero attached hydrogens (tertiary/aromatic N) is 6. The Bertz CT molecular complexity index is 925. The molecule has 0 bridgehead atoms. The Morgan fingerprint density at radius 2 is 1.92 bits per heavy atom. The minimum atomic E-state index is -0.277. The van der Waals surface area contributed by atoms with Crippen molar-refractivity contribution >= 4 is 5.82 Å². The van der Waals surface area contributed by atoms with Crippen LogP contribution in [0.4, 0.5) is 10.2 Å². The van der Waals surface area contributed by atoms with Crippen molar-refractivity contribution in [3.8, 4) is 17.5 Å². The van der Waals surface area contributed by atoms with E-state index < -0.39 is 0 Å². The first-order chi connectivity index (χ1) is 12.2. The minimum Gasteiger partial charge on any atom is -0.364 e. The largest absolute Gasteiger partial charge is 0.364 e. The maximum atomic E-state index is 13.1. The van der Waals surface area contributed by atoms with Crippen molar-refractivity contribution in [1.29, 1.82) is 5.26 Å². The van der Waals surface area contributed by atoms with Gasteiger partial charge in [0.1, 0.15) is 23.5 Å². The fourth-order valence-electron chi connectivity index (χ4n) is 2.94. The highest BCUT2D eigenvalue weighted by atomic mass is 19.1. The van der Waals surface area contributed by atoms with E-state index >= 15 is 0 Å². The molecule has 0 fully saturated rings. The van der Waals surface area contributed by atoms with Gasteiger partial charge in [-0.05, 0) is 42.8 Å². The molecule has 4 rings (SSSR count). The van der Waals surface area contributed by atoms with E-state index in [4.69, 9.17) is 5.26 Å². The van der Waals surface area contributed by atoms with Crippen molar-refractivity contribution in [2.75, 3.05) is 5.32 Å². The van der Waals surface area contributed by atoms with Gasteiger partial charge in [0.05, 0.1) is 0 Å². The van der Waals surface area contributed by atoms with Gasteiger partial charge in [0.25, 0.3) is 0 Å². The van der Waals surface area contributed by atoms with E-state index in [0.717, 1.165) is 30.1 Å². The lowest BCUT2D eigenvalue weighted by Crippen LogP contribution is -2.32. The Labute approximate surface area is 143 Å². The Kier molecular flexibility index (Phi) is 3.82. The fraction of sp³-hybridized carbons (Fsp3) is 0.235. The van der Waals surface area contributed by atoms with Gasteiger partial charge >= 0.3 is 0 Å². The van der Waals surface area contributed by atoms with Crippen LogP contribution in [0, 0.1) is 17.1 Å². The molecular weight excluding hydrogens is 321 g/mol. The summed E-state index contributed by atoms with van der Waals surface area (Å²) in [5, 5.41) is 28.5. The molecule has 1 aromatic carbocycles. The first-order valence-electron chi connectivity index (χ1n) is 7.91. The third-order valence-electron chi connectivity index (χ3n) is 4.18. The van der Waals surface area contributed by atoms with Crippen LogP contribution in [0.5, 0.6) is 0 Å². The lowest BCUT2D eigenvalue weighted by Gasteiger charge is -2.25. The lowest BCUT2D eigenvalue weighted by atomic mass is 10.1. The molecule has 8 heteroatoms. The van der Waals surface area contributed by atoms with Crippen LogP contribution in [-0.4, -0.2) is 31.0 Å². The van der Waals surface area contributed by atoms with E-state index in [0.29, 0.717) is 12.4 Å². The molecule has 1 aliphatic rings. The number of rotatable bonds is 3. The summed E-state index contributed by atoms with van der Waals surface area (Å²) in [6, 6.07) is 11.7. The molecule has 0 unspecified atom stereocenters. The second kappa shape index (κ2) is 6.28. The molecule has 3 heterocycles. The topological polar surface area (TPSA) is 92.3 Å². The van der Waals surface area contributed by atoms with Gasteiger partial charge in [0.15, 0.2) is 11.5 Å². The zero-order chi connectivity index (χ0) is 17.2. The second-order valence-electron chi connectivity index (χ2n) is 5.85. The summed E-state index contributed by atoms with van der Waals surface area (Å²) < 4.78 is 15.2. The normalized spacial score (nSPS) is 16.1. The van der Waals surface area contributed by atoms with E-state index in [1.807, 2.05) is 10.6 Å². The minimum absolute atomic E-state index is 0.143. The van der Waals surface area contributed by atoms with Crippen LogP contribution in [-0.2, 0) is 13.0 Å². The SMILES string of the molecule is N#Cc1ccc(N[C@H]2CCc3nnc(-c4ccc(F)cc4)n3C2)nn1. The monoisotopic (exact) mass is 335 g/mol. The van der Waals surface area contributed by atoms with Crippen LogP contribution in [0.1, 0.15) is 17.9 Å². The van der Waals surface area contributed by atoms with Crippen molar-refractivity contribution in [3.05, 3.63) is 53.7 Å². The standard InChI is InChI=1S/C17H14FN7/c18-12-3-1-11(2-4-12)17-24-23-16-8-6-14(10-25(16)17)20-15-7-5-13(9-19)21-22-15/h1-5,7,14H,6,8,10H2,(H,20,22)/t14-/m0/s1. The summed E-state index contributed by atoms with van der Waals surface area (Å²) in [5.41, 5.74) is 1.12. The van der Waals surface area contributed by atoms with Crippen molar-refractivity contribution in [3.63, 3.8) is 0 Å². The molecule has 0 spiro atoms. The first kappa shape index (κ1) is 15.2. The number of nitrogens with one attached hydrogen (secondary N) is 1. The maximum Gasteiger partial charge on any atom is 0.164 e. The van der Waals surface area contributed by atoms with Crippen LogP contribution < -0.4 is 5.32 Å². The molecule has 1 aliphatic heterocycles. The van der Waals surface area contributed by atoms with Crippen LogP contribution in [0.3, 0.4) is 0 Å². The average molecular weight is 335 g/mol. The molecule has 2 aromatic heterocycles. The molecule has 0 aliphatic carbocycles. The van der Waals surface area contributed by atoms with Crippen LogP contribution in [0.25, 0.3) is 11.4 Å². The van der Waals surface area contributed by atoms with E-state index in [9.17, 15) is 4.39 Å². The van der Waals surface area contributed by atoms with Gasteiger partial charge in [-0.25, -0.2) is 4.39 Å².